The molecular formula is C14H23N3O4S2. The summed E-state index contributed by atoms with van der Waals surface area (Å²) in [6.45, 7) is 2.81. The van der Waals surface area contributed by atoms with E-state index in [0.29, 0.717) is 19.0 Å². The van der Waals surface area contributed by atoms with Gasteiger partial charge in [-0.05, 0) is 57.0 Å². The number of sulfonamides is 2. The maximum absolute atomic E-state index is 12.6. The van der Waals surface area contributed by atoms with Gasteiger partial charge in [0.25, 0.3) is 0 Å². The van der Waals surface area contributed by atoms with Gasteiger partial charge in [0.2, 0.25) is 20.0 Å². The summed E-state index contributed by atoms with van der Waals surface area (Å²) in [6, 6.07) is 5.32. The lowest BCUT2D eigenvalue weighted by Crippen LogP contribution is -2.42. The molecule has 3 N–H and O–H groups in total. The molecule has 2 rings (SSSR count). The van der Waals surface area contributed by atoms with Crippen LogP contribution in [0.1, 0.15) is 19.8 Å². The van der Waals surface area contributed by atoms with Crippen LogP contribution in [-0.4, -0.2) is 47.3 Å². The fourth-order valence-electron chi connectivity index (χ4n) is 2.70. The van der Waals surface area contributed by atoms with E-state index in [-0.39, 0.29) is 15.8 Å². The summed E-state index contributed by atoms with van der Waals surface area (Å²) in [7, 11) is -5.87. The molecule has 7 nitrogen and oxygen atoms in total. The molecule has 1 atom stereocenters. The molecule has 1 fully saturated rings. The second-order valence-corrected chi connectivity index (χ2v) is 9.60. The van der Waals surface area contributed by atoms with Gasteiger partial charge in [-0.2, -0.15) is 4.31 Å². The minimum absolute atomic E-state index is 0.0367. The van der Waals surface area contributed by atoms with Crippen LogP contribution in [0.3, 0.4) is 0 Å². The zero-order chi connectivity index (χ0) is 17.3. The van der Waals surface area contributed by atoms with Crippen LogP contribution in [-0.2, 0) is 20.0 Å². The Morgan fingerprint density at radius 2 is 1.57 bits per heavy atom. The molecule has 1 heterocycles. The molecule has 9 heteroatoms. The van der Waals surface area contributed by atoms with Crippen LogP contribution >= 0.6 is 0 Å². The van der Waals surface area contributed by atoms with Gasteiger partial charge in [-0.3, -0.25) is 0 Å². The highest BCUT2D eigenvalue weighted by molar-refractivity contribution is 7.89. The van der Waals surface area contributed by atoms with Crippen molar-refractivity contribution < 1.29 is 16.8 Å². The molecular weight excluding hydrogens is 338 g/mol. The summed E-state index contributed by atoms with van der Waals surface area (Å²) in [5, 5.41) is 0. The fourth-order valence-corrected chi connectivity index (χ4v) is 4.90. The molecule has 0 bridgehead atoms. The van der Waals surface area contributed by atoms with Crippen LogP contribution in [0.15, 0.2) is 34.1 Å². The van der Waals surface area contributed by atoms with Crippen LogP contribution in [0.25, 0.3) is 0 Å². The predicted octanol–water partition coefficient (Wildman–Crippen LogP) is 0.343. The van der Waals surface area contributed by atoms with Gasteiger partial charge in [0, 0.05) is 19.1 Å². The molecule has 1 aromatic rings. The SMILES string of the molecule is CNS(=O)(=O)c1ccc(S(=O)(=O)N2CCC(C(C)N)CC2)cc1. The Labute approximate surface area is 138 Å². The Morgan fingerprint density at radius 1 is 1.09 bits per heavy atom. The monoisotopic (exact) mass is 361 g/mol. The number of nitrogens with zero attached hydrogens (tertiary/aromatic N) is 1. The normalized spacial score (nSPS) is 19.6. The summed E-state index contributed by atoms with van der Waals surface area (Å²) >= 11 is 0. The van der Waals surface area contributed by atoms with Crippen molar-refractivity contribution in [2.45, 2.75) is 35.6 Å². The quantitative estimate of drug-likeness (QED) is 0.786. The van der Waals surface area contributed by atoms with Gasteiger partial charge in [-0.25, -0.2) is 21.6 Å². The predicted molar refractivity (Wildman–Crippen MR) is 87.8 cm³/mol. The van der Waals surface area contributed by atoms with Crippen molar-refractivity contribution in [1.29, 1.82) is 0 Å². The van der Waals surface area contributed by atoms with E-state index in [1.54, 1.807) is 0 Å². The average Bonchev–Trinajstić information content (AvgIpc) is 2.55. The summed E-state index contributed by atoms with van der Waals surface area (Å²) in [5.41, 5.74) is 5.87. The maximum Gasteiger partial charge on any atom is 0.243 e. The molecule has 0 amide bonds. The van der Waals surface area contributed by atoms with E-state index in [1.165, 1.54) is 35.6 Å². The highest BCUT2D eigenvalue weighted by Crippen LogP contribution is 2.25. The lowest BCUT2D eigenvalue weighted by molar-refractivity contribution is 0.250. The minimum atomic E-state index is -3.60. The Hall–Kier alpha value is -1.00. The van der Waals surface area contributed by atoms with Gasteiger partial charge in [0.1, 0.15) is 0 Å². The largest absolute Gasteiger partial charge is 0.328 e. The highest BCUT2D eigenvalue weighted by Gasteiger charge is 2.30. The summed E-state index contributed by atoms with van der Waals surface area (Å²) < 4.78 is 52.2. The fraction of sp³-hybridized carbons (Fsp3) is 0.571. The van der Waals surface area contributed by atoms with Crippen LogP contribution in [0, 0.1) is 5.92 Å². The standard InChI is InChI=1S/C14H23N3O4S2/c1-11(15)12-7-9-17(10-8-12)23(20,21)14-5-3-13(4-6-14)22(18,19)16-2/h3-6,11-12,16H,7-10,15H2,1-2H3. The van der Waals surface area contributed by atoms with E-state index in [9.17, 15) is 16.8 Å². The van der Waals surface area contributed by atoms with Crippen molar-refractivity contribution in [3.63, 3.8) is 0 Å². The van der Waals surface area contributed by atoms with E-state index < -0.39 is 20.0 Å². The van der Waals surface area contributed by atoms with Crippen molar-refractivity contribution >= 4 is 20.0 Å². The zero-order valence-electron chi connectivity index (χ0n) is 13.3. The minimum Gasteiger partial charge on any atom is -0.328 e. The zero-order valence-corrected chi connectivity index (χ0v) is 14.9. The molecule has 1 aromatic carbocycles. The lowest BCUT2D eigenvalue weighted by atomic mass is 9.92. The van der Waals surface area contributed by atoms with Crippen molar-refractivity contribution in [3.8, 4) is 0 Å². The third-order valence-corrected chi connectivity index (χ3v) is 7.63. The molecule has 0 aliphatic carbocycles. The van der Waals surface area contributed by atoms with Gasteiger partial charge in [-0.15, -0.1) is 0 Å². The van der Waals surface area contributed by atoms with E-state index in [1.807, 2.05) is 6.92 Å². The van der Waals surface area contributed by atoms with Gasteiger partial charge in [0.05, 0.1) is 9.79 Å². The van der Waals surface area contributed by atoms with Crippen molar-refractivity contribution in [2.24, 2.45) is 11.7 Å². The first kappa shape index (κ1) is 18.3. The number of nitrogens with two attached hydrogens (primary N) is 1. The summed E-state index contributed by atoms with van der Waals surface area (Å²) in [6.07, 6.45) is 1.48. The second-order valence-electron chi connectivity index (χ2n) is 5.78. The third kappa shape index (κ3) is 3.92. The summed E-state index contributed by atoms with van der Waals surface area (Å²) in [4.78, 5) is 0.140. The van der Waals surface area contributed by atoms with Gasteiger partial charge < -0.3 is 5.73 Å². The highest BCUT2D eigenvalue weighted by atomic mass is 32.2. The van der Waals surface area contributed by atoms with Crippen LogP contribution < -0.4 is 10.5 Å². The molecule has 130 valence electrons. The van der Waals surface area contributed by atoms with E-state index in [4.69, 9.17) is 5.73 Å². The Kier molecular flexibility index (Phi) is 5.47. The first-order valence-electron chi connectivity index (χ1n) is 7.48. The van der Waals surface area contributed by atoms with E-state index >= 15 is 0 Å². The number of nitrogens with one attached hydrogen (secondary N) is 1. The first-order valence-corrected chi connectivity index (χ1v) is 10.4. The summed E-state index contributed by atoms with van der Waals surface area (Å²) in [5.74, 6) is 0.338. The lowest BCUT2D eigenvalue weighted by Gasteiger charge is -2.32. The van der Waals surface area contributed by atoms with Crippen LogP contribution in [0.2, 0.25) is 0 Å². The second kappa shape index (κ2) is 6.86. The molecule has 1 aliphatic heterocycles. The number of benzene rings is 1. The van der Waals surface area contributed by atoms with E-state index in [0.717, 1.165) is 12.8 Å². The van der Waals surface area contributed by atoms with Gasteiger partial charge in [0.15, 0.2) is 0 Å². The van der Waals surface area contributed by atoms with Crippen molar-refractivity contribution in [1.82, 2.24) is 9.03 Å². The van der Waals surface area contributed by atoms with Crippen molar-refractivity contribution in [3.05, 3.63) is 24.3 Å². The number of rotatable bonds is 5. The molecule has 1 saturated heterocycles. The number of piperidine rings is 1. The van der Waals surface area contributed by atoms with Crippen LogP contribution in [0.4, 0.5) is 0 Å². The smallest absolute Gasteiger partial charge is 0.243 e. The molecule has 0 saturated carbocycles. The Balaban J connectivity index is 2.18. The van der Waals surface area contributed by atoms with E-state index in [2.05, 4.69) is 4.72 Å². The van der Waals surface area contributed by atoms with Crippen molar-refractivity contribution in [2.75, 3.05) is 20.1 Å². The Bertz CT molecular complexity index is 735. The van der Waals surface area contributed by atoms with Gasteiger partial charge in [-0.1, -0.05) is 0 Å². The Morgan fingerprint density at radius 3 is 2.00 bits per heavy atom. The average molecular weight is 361 g/mol. The molecule has 1 aliphatic rings. The first-order chi connectivity index (χ1) is 10.7. The molecule has 0 radical (unpaired) electrons. The molecule has 0 spiro atoms. The maximum atomic E-state index is 12.6. The number of hydrogen-bond donors (Lipinski definition) is 2. The van der Waals surface area contributed by atoms with Crippen LogP contribution in [0.5, 0.6) is 0 Å². The number of hydrogen-bond acceptors (Lipinski definition) is 5. The topological polar surface area (TPSA) is 110 Å². The molecule has 23 heavy (non-hydrogen) atoms. The third-order valence-electron chi connectivity index (χ3n) is 4.28. The molecule has 0 aromatic heterocycles. The van der Waals surface area contributed by atoms with Gasteiger partial charge >= 0.3 is 0 Å². The molecule has 1 unspecified atom stereocenters.